The molecule has 0 spiro atoms. The number of aryl methyl sites for hydroxylation is 1. The molecular weight excluding hydrogens is 334 g/mol. The summed E-state index contributed by atoms with van der Waals surface area (Å²) in [6.45, 7) is 6.32. The molecule has 1 aliphatic heterocycles. The maximum absolute atomic E-state index is 4.92. The molecule has 2 aromatic carbocycles. The summed E-state index contributed by atoms with van der Waals surface area (Å²) in [6, 6.07) is 15.3. The highest BCUT2D eigenvalue weighted by Crippen LogP contribution is 2.34. The van der Waals surface area contributed by atoms with Crippen molar-refractivity contribution in [1.29, 1.82) is 0 Å². The van der Waals surface area contributed by atoms with Crippen LogP contribution in [0.25, 0.3) is 10.2 Å². The summed E-state index contributed by atoms with van der Waals surface area (Å²) in [5.74, 6) is 0. The minimum atomic E-state index is 1.03. The fourth-order valence-corrected chi connectivity index (χ4v) is 4.86. The average Bonchev–Trinajstić information content (AvgIpc) is 3.06. The van der Waals surface area contributed by atoms with Gasteiger partial charge in [-0.25, -0.2) is 4.98 Å². The van der Waals surface area contributed by atoms with Gasteiger partial charge in [-0.15, -0.1) is 11.8 Å². The van der Waals surface area contributed by atoms with E-state index < -0.39 is 0 Å². The van der Waals surface area contributed by atoms with Crippen LogP contribution in [0, 0.1) is 6.92 Å². The lowest BCUT2D eigenvalue weighted by atomic mass is 10.2. The van der Waals surface area contributed by atoms with Crippen molar-refractivity contribution in [2.45, 2.75) is 11.8 Å². The van der Waals surface area contributed by atoms with E-state index in [-0.39, 0.29) is 0 Å². The molecule has 0 N–H and O–H groups in total. The van der Waals surface area contributed by atoms with Gasteiger partial charge in [-0.05, 0) is 43.0 Å². The van der Waals surface area contributed by atoms with Gasteiger partial charge in [-0.2, -0.15) is 0 Å². The number of anilines is 2. The second-order valence-corrected chi connectivity index (χ2v) is 7.97. The van der Waals surface area contributed by atoms with Crippen LogP contribution in [-0.2, 0) is 0 Å². The number of piperazine rings is 1. The first kappa shape index (κ1) is 15.8. The topological polar surface area (TPSA) is 19.4 Å². The highest BCUT2D eigenvalue weighted by molar-refractivity contribution is 7.98. The maximum atomic E-state index is 4.92. The molecule has 0 unspecified atom stereocenters. The number of aromatic nitrogens is 1. The van der Waals surface area contributed by atoms with Crippen LogP contribution in [0.15, 0.2) is 47.4 Å². The Morgan fingerprint density at radius 3 is 2.50 bits per heavy atom. The lowest BCUT2D eigenvalue weighted by molar-refractivity contribution is 0.652. The first-order valence-electron chi connectivity index (χ1n) is 8.25. The van der Waals surface area contributed by atoms with Crippen LogP contribution in [0.2, 0.25) is 0 Å². The molecular formula is C19H21N3S2. The van der Waals surface area contributed by atoms with Gasteiger partial charge in [0.25, 0.3) is 0 Å². The zero-order chi connectivity index (χ0) is 16.5. The number of thiazole rings is 1. The van der Waals surface area contributed by atoms with E-state index in [1.54, 1.807) is 11.8 Å². The number of rotatable bonds is 3. The van der Waals surface area contributed by atoms with Gasteiger partial charge in [-0.3, -0.25) is 0 Å². The van der Waals surface area contributed by atoms with Crippen molar-refractivity contribution in [3.8, 4) is 0 Å². The molecule has 3 nitrogen and oxygen atoms in total. The van der Waals surface area contributed by atoms with Gasteiger partial charge in [0.05, 0.1) is 10.2 Å². The normalized spacial score (nSPS) is 15.2. The Kier molecular flexibility index (Phi) is 4.37. The number of hydrogen-bond donors (Lipinski definition) is 0. The van der Waals surface area contributed by atoms with Crippen molar-refractivity contribution in [2.75, 3.05) is 42.2 Å². The summed E-state index contributed by atoms with van der Waals surface area (Å²) < 4.78 is 1.29. The standard InChI is InChI=1S/C19H21N3S2/c1-14-5-3-6-15(13-14)21-9-11-22(12-10-21)19-20-18-16(23-2)7-4-8-17(18)24-19/h3-8,13H,9-12H2,1-2H3. The van der Waals surface area contributed by atoms with Gasteiger partial charge in [0.2, 0.25) is 0 Å². The van der Waals surface area contributed by atoms with Crippen LogP contribution in [0.5, 0.6) is 0 Å². The third-order valence-electron chi connectivity index (χ3n) is 4.51. The van der Waals surface area contributed by atoms with E-state index in [0.29, 0.717) is 0 Å². The Morgan fingerprint density at radius 1 is 1.00 bits per heavy atom. The lowest BCUT2D eigenvalue weighted by Gasteiger charge is -2.36. The Balaban J connectivity index is 1.52. The molecule has 0 amide bonds. The highest BCUT2D eigenvalue weighted by atomic mass is 32.2. The average molecular weight is 356 g/mol. The predicted octanol–water partition coefficient (Wildman–Crippen LogP) is 4.65. The fraction of sp³-hybridized carbons (Fsp3) is 0.316. The minimum absolute atomic E-state index is 1.03. The Bertz CT molecular complexity index is 851. The van der Waals surface area contributed by atoms with E-state index in [4.69, 9.17) is 4.98 Å². The third-order valence-corrected chi connectivity index (χ3v) is 6.36. The quantitative estimate of drug-likeness (QED) is 0.637. The smallest absolute Gasteiger partial charge is 0.186 e. The van der Waals surface area contributed by atoms with Crippen LogP contribution in [0.1, 0.15) is 5.56 Å². The van der Waals surface area contributed by atoms with E-state index >= 15 is 0 Å². The van der Waals surface area contributed by atoms with Crippen molar-refractivity contribution in [3.63, 3.8) is 0 Å². The molecule has 24 heavy (non-hydrogen) atoms. The second-order valence-electron chi connectivity index (χ2n) is 6.12. The van der Waals surface area contributed by atoms with Gasteiger partial charge in [-0.1, -0.05) is 29.5 Å². The molecule has 1 fully saturated rings. The SMILES string of the molecule is CSc1cccc2sc(N3CCN(c4cccc(C)c4)CC3)nc12. The van der Waals surface area contributed by atoms with Crippen molar-refractivity contribution >= 4 is 44.1 Å². The molecule has 124 valence electrons. The molecule has 2 heterocycles. The van der Waals surface area contributed by atoms with Crippen molar-refractivity contribution in [2.24, 2.45) is 0 Å². The molecule has 1 aliphatic rings. The molecule has 4 rings (SSSR count). The molecule has 0 saturated carbocycles. The summed E-state index contributed by atoms with van der Waals surface area (Å²) in [6.07, 6.45) is 2.12. The van der Waals surface area contributed by atoms with Gasteiger partial charge in [0.15, 0.2) is 5.13 Å². The minimum Gasteiger partial charge on any atom is -0.368 e. The van der Waals surface area contributed by atoms with Crippen LogP contribution in [-0.4, -0.2) is 37.4 Å². The molecule has 3 aromatic rings. The zero-order valence-electron chi connectivity index (χ0n) is 14.0. The summed E-state index contributed by atoms with van der Waals surface area (Å²) >= 11 is 3.59. The summed E-state index contributed by atoms with van der Waals surface area (Å²) in [5.41, 5.74) is 3.82. The molecule has 1 aromatic heterocycles. The second kappa shape index (κ2) is 6.65. The van der Waals surface area contributed by atoms with Crippen LogP contribution < -0.4 is 9.80 Å². The zero-order valence-corrected chi connectivity index (χ0v) is 15.7. The third kappa shape index (κ3) is 2.98. The fourth-order valence-electron chi connectivity index (χ4n) is 3.19. The van der Waals surface area contributed by atoms with Gasteiger partial charge in [0.1, 0.15) is 0 Å². The van der Waals surface area contributed by atoms with E-state index in [1.165, 1.54) is 20.8 Å². The summed E-state index contributed by atoms with van der Waals surface area (Å²) in [4.78, 5) is 11.1. The molecule has 5 heteroatoms. The number of nitrogens with zero attached hydrogens (tertiary/aromatic N) is 3. The van der Waals surface area contributed by atoms with E-state index in [1.807, 2.05) is 11.3 Å². The first-order chi connectivity index (χ1) is 11.7. The highest BCUT2D eigenvalue weighted by Gasteiger charge is 2.20. The van der Waals surface area contributed by atoms with Gasteiger partial charge >= 0.3 is 0 Å². The number of benzene rings is 2. The first-order valence-corrected chi connectivity index (χ1v) is 10.3. The monoisotopic (exact) mass is 355 g/mol. The Labute approximate surface area is 151 Å². The number of thioether (sulfide) groups is 1. The predicted molar refractivity (Wildman–Crippen MR) is 107 cm³/mol. The van der Waals surface area contributed by atoms with Crippen molar-refractivity contribution in [3.05, 3.63) is 48.0 Å². The van der Waals surface area contributed by atoms with E-state index in [0.717, 1.165) is 36.8 Å². The number of fused-ring (bicyclic) bond motifs is 1. The number of hydrogen-bond acceptors (Lipinski definition) is 5. The van der Waals surface area contributed by atoms with E-state index in [2.05, 4.69) is 65.4 Å². The van der Waals surface area contributed by atoms with Gasteiger partial charge in [0, 0.05) is 36.8 Å². The van der Waals surface area contributed by atoms with Crippen LogP contribution in [0.4, 0.5) is 10.8 Å². The Hall–Kier alpha value is -1.72. The summed E-state index contributed by atoms with van der Waals surface area (Å²) in [7, 11) is 0. The molecule has 0 radical (unpaired) electrons. The van der Waals surface area contributed by atoms with E-state index in [9.17, 15) is 0 Å². The largest absolute Gasteiger partial charge is 0.368 e. The lowest BCUT2D eigenvalue weighted by Crippen LogP contribution is -2.46. The molecule has 0 atom stereocenters. The van der Waals surface area contributed by atoms with Crippen molar-refractivity contribution < 1.29 is 0 Å². The molecule has 1 saturated heterocycles. The molecule has 0 bridgehead atoms. The molecule has 0 aliphatic carbocycles. The number of para-hydroxylation sites is 1. The Morgan fingerprint density at radius 2 is 1.75 bits per heavy atom. The summed E-state index contributed by atoms with van der Waals surface area (Å²) in [5, 5.41) is 1.16. The maximum Gasteiger partial charge on any atom is 0.186 e. The van der Waals surface area contributed by atoms with Crippen LogP contribution in [0.3, 0.4) is 0 Å². The van der Waals surface area contributed by atoms with Crippen molar-refractivity contribution in [1.82, 2.24) is 4.98 Å². The van der Waals surface area contributed by atoms with Gasteiger partial charge < -0.3 is 9.80 Å². The van der Waals surface area contributed by atoms with Crippen LogP contribution >= 0.6 is 23.1 Å².